The van der Waals surface area contributed by atoms with Crippen LogP contribution in [-0.4, -0.2) is 32.9 Å². The van der Waals surface area contributed by atoms with Gasteiger partial charge in [-0.1, -0.05) is 42.5 Å². The van der Waals surface area contributed by atoms with E-state index in [4.69, 9.17) is 26.6 Å². The van der Waals surface area contributed by atoms with Crippen LogP contribution in [0.4, 0.5) is 5.82 Å². The maximum absolute atomic E-state index is 7.86. The molecule has 0 bridgehead atoms. The molecule has 0 aliphatic heterocycles. The normalized spacial score (nSPS) is 18.7. The molecule has 1 saturated carbocycles. The van der Waals surface area contributed by atoms with Gasteiger partial charge in [-0.25, -0.2) is 15.5 Å². The number of benzene rings is 2. The van der Waals surface area contributed by atoms with E-state index in [1.807, 2.05) is 36.4 Å². The predicted octanol–water partition coefficient (Wildman–Crippen LogP) is 4.74. The summed E-state index contributed by atoms with van der Waals surface area (Å²) in [6, 6.07) is 16.4. The van der Waals surface area contributed by atoms with Crippen LogP contribution in [0.15, 0.2) is 53.6 Å². The number of hydrogen-bond donors (Lipinski definition) is 5. The highest BCUT2D eigenvalue weighted by molar-refractivity contribution is 6.13. The third-order valence-electron chi connectivity index (χ3n) is 6.20. The maximum Gasteiger partial charge on any atom is 0.173 e. The molecule has 2 heterocycles. The number of anilines is 1. The Kier molecular flexibility index (Phi) is 5.36. The molecule has 162 valence electrons. The first-order valence-corrected chi connectivity index (χ1v) is 11.0. The number of fused-ring (bicyclic) bond motifs is 3. The minimum Gasteiger partial charge on any atom is -0.367 e. The third-order valence-corrected chi connectivity index (χ3v) is 6.20. The Hall–Kier alpha value is -3.65. The van der Waals surface area contributed by atoms with Gasteiger partial charge in [-0.3, -0.25) is 5.41 Å². The van der Waals surface area contributed by atoms with E-state index in [1.54, 1.807) is 0 Å². The van der Waals surface area contributed by atoms with Crippen LogP contribution in [0.3, 0.4) is 0 Å². The minimum absolute atomic E-state index is 0.0710. The fourth-order valence-electron chi connectivity index (χ4n) is 4.48. The van der Waals surface area contributed by atoms with Crippen molar-refractivity contribution in [2.45, 2.75) is 44.2 Å². The van der Waals surface area contributed by atoms with Crippen LogP contribution in [0.5, 0.6) is 0 Å². The molecule has 5 rings (SSSR count). The Morgan fingerprint density at radius 3 is 2.62 bits per heavy atom. The molecule has 0 atom stereocenters. The fraction of sp³-hybridized carbons (Fsp3) is 0.292. The summed E-state index contributed by atoms with van der Waals surface area (Å²) < 4.78 is 0. The lowest BCUT2D eigenvalue weighted by molar-refractivity contribution is 0.410. The smallest absolute Gasteiger partial charge is 0.173 e. The van der Waals surface area contributed by atoms with E-state index < -0.39 is 0 Å². The average molecular weight is 427 g/mol. The zero-order chi connectivity index (χ0) is 22.1. The molecule has 4 aromatic rings. The Balaban J connectivity index is 1.60. The molecule has 0 unspecified atom stereocenters. The highest BCUT2D eigenvalue weighted by Crippen LogP contribution is 2.32. The van der Waals surface area contributed by atoms with Crippen molar-refractivity contribution in [3.63, 3.8) is 0 Å². The number of hydrogen-bond acceptors (Lipinski definition) is 6. The van der Waals surface area contributed by atoms with Crippen molar-refractivity contribution < 1.29 is 0 Å². The predicted molar refractivity (Wildman–Crippen MR) is 126 cm³/mol. The van der Waals surface area contributed by atoms with Crippen molar-refractivity contribution in [1.29, 1.82) is 10.9 Å². The molecule has 8 nitrogen and oxygen atoms in total. The van der Waals surface area contributed by atoms with Crippen LogP contribution >= 0.6 is 0 Å². The van der Waals surface area contributed by atoms with Gasteiger partial charge in [0.05, 0.1) is 5.39 Å². The number of aromatic amines is 1. The summed E-state index contributed by atoms with van der Waals surface area (Å²) >= 11 is 0. The number of H-pyrrole nitrogens is 1. The van der Waals surface area contributed by atoms with Crippen LogP contribution < -0.4 is 11.1 Å². The fourth-order valence-corrected chi connectivity index (χ4v) is 4.48. The van der Waals surface area contributed by atoms with Gasteiger partial charge in [-0.15, -0.1) is 5.11 Å². The zero-order valence-electron chi connectivity index (χ0n) is 17.7. The Bertz CT molecular complexity index is 1290. The van der Waals surface area contributed by atoms with E-state index in [2.05, 4.69) is 27.5 Å². The number of aromatic nitrogens is 3. The first-order valence-electron chi connectivity index (χ1n) is 11.0. The van der Waals surface area contributed by atoms with Gasteiger partial charge in [-0.2, -0.15) is 0 Å². The van der Waals surface area contributed by atoms with E-state index in [0.717, 1.165) is 64.8 Å². The number of nitrogens with one attached hydrogen (secondary N) is 4. The lowest BCUT2D eigenvalue weighted by Gasteiger charge is -2.27. The third kappa shape index (κ3) is 3.97. The second kappa shape index (κ2) is 8.47. The topological polar surface area (TPSA) is 140 Å². The summed E-state index contributed by atoms with van der Waals surface area (Å²) in [6.45, 7) is 0. The highest BCUT2D eigenvalue weighted by Gasteiger charge is 2.22. The lowest BCUT2D eigenvalue weighted by atomic mass is 9.92. The van der Waals surface area contributed by atoms with Gasteiger partial charge in [0.25, 0.3) is 0 Å². The number of rotatable bonds is 5. The van der Waals surface area contributed by atoms with Gasteiger partial charge in [0, 0.05) is 35.0 Å². The minimum atomic E-state index is -0.0710. The van der Waals surface area contributed by atoms with Crippen molar-refractivity contribution in [2.24, 2.45) is 10.8 Å². The van der Waals surface area contributed by atoms with Gasteiger partial charge < -0.3 is 16.0 Å². The van der Waals surface area contributed by atoms with Gasteiger partial charge in [0.1, 0.15) is 17.3 Å². The molecule has 0 radical (unpaired) electrons. The number of amidine groups is 1. The Morgan fingerprint density at radius 2 is 1.88 bits per heavy atom. The molecule has 2 aromatic carbocycles. The molecule has 0 spiro atoms. The molecule has 2 aromatic heterocycles. The molecule has 1 fully saturated rings. The molecule has 1 aliphatic rings. The summed E-state index contributed by atoms with van der Waals surface area (Å²) in [7, 11) is 0. The quantitative estimate of drug-likeness (QED) is 0.179. The molecule has 1 aliphatic carbocycles. The van der Waals surface area contributed by atoms with E-state index >= 15 is 0 Å². The van der Waals surface area contributed by atoms with Crippen molar-refractivity contribution >= 4 is 33.6 Å². The SMILES string of the molecule is N=NC(=N)c1ccc2c(c1)[nH]c1nc(Cc3ccccc3)nc(N[C@H]3CC[C@H](N)CC3)c12. The molecule has 32 heavy (non-hydrogen) atoms. The van der Waals surface area contributed by atoms with Gasteiger partial charge >= 0.3 is 0 Å². The van der Waals surface area contributed by atoms with Crippen molar-refractivity contribution in [2.75, 3.05) is 5.32 Å². The molecular weight excluding hydrogens is 400 g/mol. The molecule has 8 heteroatoms. The summed E-state index contributed by atoms with van der Waals surface area (Å²) in [6.07, 6.45) is 4.71. The Labute approximate surface area is 185 Å². The lowest BCUT2D eigenvalue weighted by Crippen LogP contribution is -2.33. The Morgan fingerprint density at radius 1 is 1.09 bits per heavy atom. The monoisotopic (exact) mass is 426 g/mol. The summed E-state index contributed by atoms with van der Waals surface area (Å²) in [5.74, 6) is 1.51. The summed E-state index contributed by atoms with van der Waals surface area (Å²) in [5, 5.41) is 16.7. The van der Waals surface area contributed by atoms with Gasteiger partial charge in [-0.05, 0) is 37.3 Å². The van der Waals surface area contributed by atoms with Crippen LogP contribution in [0, 0.1) is 10.9 Å². The molecule has 6 N–H and O–H groups in total. The average Bonchev–Trinajstić information content (AvgIpc) is 3.18. The van der Waals surface area contributed by atoms with Crippen molar-refractivity contribution in [3.8, 4) is 0 Å². The standard InChI is InChI=1S/C24H26N8/c25-16-7-9-17(10-8-16)28-23-21-18-11-6-15(22(26)32-27)13-19(18)29-24(21)31-20(30-23)12-14-4-2-1-3-5-14/h1-6,11,13,16-17,26-27H,7-10,12,25H2,(H2,28,29,30,31)/t16-,17-. The van der Waals surface area contributed by atoms with Crippen molar-refractivity contribution in [3.05, 3.63) is 65.5 Å². The second-order valence-corrected chi connectivity index (χ2v) is 8.48. The molecule has 0 amide bonds. The van der Waals surface area contributed by atoms with Crippen LogP contribution in [0.25, 0.3) is 21.9 Å². The first kappa shape index (κ1) is 20.3. The van der Waals surface area contributed by atoms with Crippen LogP contribution in [-0.2, 0) is 6.42 Å². The largest absolute Gasteiger partial charge is 0.367 e. The maximum atomic E-state index is 7.86. The molecule has 0 saturated heterocycles. The van der Waals surface area contributed by atoms with Crippen LogP contribution in [0.1, 0.15) is 42.6 Å². The number of nitrogens with zero attached hydrogens (tertiary/aromatic N) is 3. The van der Waals surface area contributed by atoms with Gasteiger partial charge in [0.2, 0.25) is 0 Å². The van der Waals surface area contributed by atoms with Gasteiger partial charge in [0.15, 0.2) is 5.84 Å². The number of nitrogens with two attached hydrogens (primary N) is 1. The highest BCUT2D eigenvalue weighted by atomic mass is 15.1. The summed E-state index contributed by atoms with van der Waals surface area (Å²) in [5.41, 5.74) is 16.6. The summed E-state index contributed by atoms with van der Waals surface area (Å²) in [4.78, 5) is 13.2. The van der Waals surface area contributed by atoms with E-state index in [0.29, 0.717) is 18.0 Å². The van der Waals surface area contributed by atoms with E-state index in [9.17, 15) is 0 Å². The first-order chi connectivity index (χ1) is 15.6. The second-order valence-electron chi connectivity index (χ2n) is 8.48. The van der Waals surface area contributed by atoms with Crippen molar-refractivity contribution in [1.82, 2.24) is 15.0 Å². The zero-order valence-corrected chi connectivity index (χ0v) is 17.7. The molecular formula is C24H26N8. The van der Waals surface area contributed by atoms with E-state index in [-0.39, 0.29) is 11.9 Å². The van der Waals surface area contributed by atoms with Crippen LogP contribution in [0.2, 0.25) is 0 Å². The van der Waals surface area contributed by atoms with E-state index in [1.165, 1.54) is 0 Å².